The van der Waals surface area contributed by atoms with Gasteiger partial charge < -0.3 is 10.6 Å². The van der Waals surface area contributed by atoms with Crippen LogP contribution >= 0.6 is 0 Å². The standard InChI is InChI=1S/C24H51N.C9H18.C7H17N/c1-3-5-7-9-10-11-12-13-14-15-16-17-18-19-20-22-24-25-23-21-8-6-4-2;1-4-5-6-7-8-9(2)3;1-3-4-5-6-7-8-2/h25H,3-24H2,1-2H3;2,4-8H2,1,3H3;8H,3-7H2,1-2H3. The summed E-state index contributed by atoms with van der Waals surface area (Å²) in [5.41, 5.74) is 1.33. The Balaban J connectivity index is -0.000000725. The molecule has 0 heterocycles. The van der Waals surface area contributed by atoms with Crippen molar-refractivity contribution < 1.29 is 0 Å². The number of allylic oxidation sites excluding steroid dienone is 1. The molecule has 2 heteroatoms. The van der Waals surface area contributed by atoms with E-state index in [0.717, 1.165) is 0 Å². The van der Waals surface area contributed by atoms with Crippen LogP contribution in [-0.2, 0) is 0 Å². The molecule has 0 aromatic rings. The topological polar surface area (TPSA) is 24.1 Å². The Labute approximate surface area is 269 Å². The number of hydrogen-bond donors (Lipinski definition) is 2. The van der Waals surface area contributed by atoms with Gasteiger partial charge in [-0.05, 0) is 65.7 Å². The fourth-order valence-electron chi connectivity index (χ4n) is 5.18. The molecular formula is C40H86N2. The molecule has 0 amide bonds. The van der Waals surface area contributed by atoms with Gasteiger partial charge in [-0.15, -0.1) is 6.58 Å². The highest BCUT2D eigenvalue weighted by molar-refractivity contribution is 4.86. The first-order chi connectivity index (χ1) is 20.6. The third kappa shape index (κ3) is 55.6. The van der Waals surface area contributed by atoms with Gasteiger partial charge in [0.25, 0.3) is 0 Å². The van der Waals surface area contributed by atoms with Crippen LogP contribution in [0, 0.1) is 0 Å². The predicted octanol–water partition coefficient (Wildman–Crippen LogP) is 13.7. The van der Waals surface area contributed by atoms with Crippen LogP contribution in [0.1, 0.15) is 221 Å². The molecule has 0 bridgehead atoms. The van der Waals surface area contributed by atoms with Crippen LogP contribution in [0.2, 0.25) is 0 Å². The molecule has 0 rings (SSSR count). The third-order valence-corrected chi connectivity index (χ3v) is 8.15. The summed E-state index contributed by atoms with van der Waals surface area (Å²) in [7, 11) is 2.01. The summed E-state index contributed by atoms with van der Waals surface area (Å²) in [5, 5.41) is 6.72. The van der Waals surface area contributed by atoms with Gasteiger partial charge in [0.2, 0.25) is 0 Å². The van der Waals surface area contributed by atoms with Gasteiger partial charge >= 0.3 is 0 Å². The molecular weight excluding hydrogens is 508 g/mol. The minimum Gasteiger partial charge on any atom is -0.320 e. The summed E-state index contributed by atoms with van der Waals surface area (Å²) >= 11 is 0. The molecule has 0 aromatic carbocycles. The van der Waals surface area contributed by atoms with Crippen LogP contribution in [0.5, 0.6) is 0 Å². The maximum atomic E-state index is 3.85. The van der Waals surface area contributed by atoms with Gasteiger partial charge in [-0.25, -0.2) is 0 Å². The minimum atomic E-state index is 1.18. The summed E-state index contributed by atoms with van der Waals surface area (Å²) in [5.74, 6) is 0. The molecule has 0 saturated carbocycles. The summed E-state index contributed by atoms with van der Waals surface area (Å²) < 4.78 is 0. The average Bonchev–Trinajstić information content (AvgIpc) is 2.99. The number of unbranched alkanes of at least 4 members (excludes halogenated alkanes) is 24. The maximum absolute atomic E-state index is 3.85. The first-order valence-corrected chi connectivity index (χ1v) is 19.6. The molecule has 0 aliphatic carbocycles. The van der Waals surface area contributed by atoms with Crippen molar-refractivity contribution in [2.45, 2.75) is 221 Å². The van der Waals surface area contributed by atoms with E-state index in [2.05, 4.69) is 51.8 Å². The van der Waals surface area contributed by atoms with E-state index in [4.69, 9.17) is 0 Å². The zero-order chi connectivity index (χ0) is 31.6. The van der Waals surface area contributed by atoms with E-state index in [9.17, 15) is 0 Å². The molecule has 0 radical (unpaired) electrons. The van der Waals surface area contributed by atoms with E-state index >= 15 is 0 Å². The van der Waals surface area contributed by atoms with E-state index in [1.165, 1.54) is 211 Å². The highest BCUT2D eigenvalue weighted by Gasteiger charge is 1.95. The first-order valence-electron chi connectivity index (χ1n) is 19.6. The molecule has 0 saturated heterocycles. The van der Waals surface area contributed by atoms with Crippen molar-refractivity contribution in [1.82, 2.24) is 10.6 Å². The molecule has 2 N–H and O–H groups in total. The Morgan fingerprint density at radius 2 is 0.643 bits per heavy atom. The van der Waals surface area contributed by atoms with Crippen molar-refractivity contribution in [2.75, 3.05) is 26.7 Å². The van der Waals surface area contributed by atoms with Crippen molar-refractivity contribution in [1.29, 1.82) is 0 Å². The number of hydrogen-bond acceptors (Lipinski definition) is 2. The van der Waals surface area contributed by atoms with Crippen molar-refractivity contribution in [3.63, 3.8) is 0 Å². The molecule has 0 aliphatic rings. The Morgan fingerprint density at radius 1 is 0.381 bits per heavy atom. The van der Waals surface area contributed by atoms with Crippen LogP contribution < -0.4 is 10.6 Å². The van der Waals surface area contributed by atoms with Crippen molar-refractivity contribution in [3.05, 3.63) is 12.2 Å². The lowest BCUT2D eigenvalue weighted by molar-refractivity contribution is 0.522. The first kappa shape index (κ1) is 46.1. The molecule has 0 atom stereocenters. The number of rotatable bonds is 32. The minimum absolute atomic E-state index is 1.18. The molecule has 0 aliphatic heterocycles. The normalized spacial score (nSPS) is 10.6. The lowest BCUT2D eigenvalue weighted by Gasteiger charge is -2.05. The maximum Gasteiger partial charge on any atom is -0.00489 e. The Bertz CT molecular complexity index is 405. The Morgan fingerprint density at radius 3 is 0.952 bits per heavy atom. The van der Waals surface area contributed by atoms with E-state index in [1.54, 1.807) is 0 Å². The van der Waals surface area contributed by atoms with Crippen LogP contribution in [0.3, 0.4) is 0 Å². The summed E-state index contributed by atoms with van der Waals surface area (Å²) in [6, 6.07) is 0. The lowest BCUT2D eigenvalue weighted by Crippen LogP contribution is -2.16. The smallest absolute Gasteiger partial charge is 0.00489 e. The van der Waals surface area contributed by atoms with Crippen LogP contribution in [0.15, 0.2) is 12.2 Å². The zero-order valence-corrected chi connectivity index (χ0v) is 30.8. The van der Waals surface area contributed by atoms with E-state index < -0.39 is 0 Å². The second-order valence-electron chi connectivity index (χ2n) is 13.0. The van der Waals surface area contributed by atoms with Crippen molar-refractivity contribution in [3.8, 4) is 0 Å². The van der Waals surface area contributed by atoms with Gasteiger partial charge in [0.15, 0.2) is 0 Å². The van der Waals surface area contributed by atoms with Gasteiger partial charge in [-0.1, -0.05) is 187 Å². The third-order valence-electron chi connectivity index (χ3n) is 8.15. The SMILES string of the molecule is C=C(C)CCCCCC.CCCCCCCCCCCCCCCCCCNCCCCCC.CCCCCCNC. The zero-order valence-electron chi connectivity index (χ0n) is 30.8. The monoisotopic (exact) mass is 595 g/mol. The molecule has 0 unspecified atom stereocenters. The van der Waals surface area contributed by atoms with Gasteiger partial charge in [-0.2, -0.15) is 0 Å². The highest BCUT2D eigenvalue weighted by atomic mass is 14.8. The molecule has 2 nitrogen and oxygen atoms in total. The lowest BCUT2D eigenvalue weighted by atomic mass is 10.0. The average molecular weight is 595 g/mol. The fourth-order valence-corrected chi connectivity index (χ4v) is 5.18. The van der Waals surface area contributed by atoms with Gasteiger partial charge in [-0.3, -0.25) is 0 Å². The van der Waals surface area contributed by atoms with E-state index in [-0.39, 0.29) is 0 Å². The second kappa shape index (κ2) is 47.6. The van der Waals surface area contributed by atoms with Gasteiger partial charge in [0.1, 0.15) is 0 Å². The molecule has 0 fully saturated rings. The molecule has 0 spiro atoms. The summed E-state index contributed by atoms with van der Waals surface area (Å²) in [6.07, 6.45) is 40.9. The van der Waals surface area contributed by atoms with Crippen molar-refractivity contribution >= 4 is 0 Å². The molecule has 0 aromatic heterocycles. The summed E-state index contributed by atoms with van der Waals surface area (Å²) in [6.45, 7) is 18.7. The Hall–Kier alpha value is -0.340. The van der Waals surface area contributed by atoms with Crippen LogP contribution in [-0.4, -0.2) is 26.7 Å². The Kier molecular flexibility index (Phi) is 52.2. The van der Waals surface area contributed by atoms with E-state index in [0.29, 0.717) is 0 Å². The van der Waals surface area contributed by atoms with Gasteiger partial charge in [0.05, 0.1) is 0 Å². The fraction of sp³-hybridized carbons (Fsp3) is 0.950. The number of nitrogens with one attached hydrogen (secondary N) is 2. The second-order valence-corrected chi connectivity index (χ2v) is 13.0. The largest absolute Gasteiger partial charge is 0.320 e. The van der Waals surface area contributed by atoms with E-state index in [1.807, 2.05) is 7.05 Å². The molecule has 256 valence electrons. The van der Waals surface area contributed by atoms with Crippen molar-refractivity contribution in [2.24, 2.45) is 0 Å². The van der Waals surface area contributed by atoms with Gasteiger partial charge in [0, 0.05) is 0 Å². The highest BCUT2D eigenvalue weighted by Crippen LogP contribution is 2.13. The predicted molar refractivity (Wildman–Crippen MR) is 198 cm³/mol. The quantitative estimate of drug-likeness (QED) is 0.0598. The molecule has 42 heavy (non-hydrogen) atoms. The summed E-state index contributed by atoms with van der Waals surface area (Å²) in [4.78, 5) is 0. The van der Waals surface area contributed by atoms with Crippen LogP contribution in [0.4, 0.5) is 0 Å². The van der Waals surface area contributed by atoms with Crippen LogP contribution in [0.25, 0.3) is 0 Å².